The fourth-order valence-electron chi connectivity index (χ4n) is 2.15. The van der Waals surface area contributed by atoms with Crippen molar-refractivity contribution in [1.29, 1.82) is 0 Å². The molecule has 0 unspecified atom stereocenters. The molecule has 0 saturated carbocycles. The molecule has 9 heteroatoms. The molecule has 2 aromatic carbocycles. The summed E-state index contributed by atoms with van der Waals surface area (Å²) in [5, 5.41) is 1.04. The molecule has 6 nitrogen and oxygen atoms in total. The van der Waals surface area contributed by atoms with Crippen LogP contribution in [0.5, 0.6) is 11.5 Å². The molecule has 2 aromatic rings. The van der Waals surface area contributed by atoms with Crippen LogP contribution in [0.3, 0.4) is 0 Å². The lowest BCUT2D eigenvalue weighted by molar-refractivity contribution is -0.119. The number of hydrogen-bond donors (Lipinski definition) is 2. The maximum absolute atomic E-state index is 12.1. The summed E-state index contributed by atoms with van der Waals surface area (Å²) in [4.78, 5) is 24.7. The predicted molar refractivity (Wildman–Crippen MR) is 100 cm³/mol. The summed E-state index contributed by atoms with van der Waals surface area (Å²) in [6.07, 6.45) is 0. The Morgan fingerprint density at radius 2 is 1.77 bits per heavy atom. The van der Waals surface area contributed by atoms with E-state index in [-0.39, 0.29) is 11.7 Å². The molecule has 0 aliphatic carbocycles. The number of hydrogen-bond acceptors (Lipinski definition) is 5. The summed E-state index contributed by atoms with van der Waals surface area (Å²) < 4.78 is 10.8. The monoisotopic (exact) mass is 412 g/mol. The van der Waals surface area contributed by atoms with E-state index in [9.17, 15) is 9.59 Å². The fraction of sp³-hybridized carbons (Fsp3) is 0.176. The van der Waals surface area contributed by atoms with Crippen molar-refractivity contribution in [3.63, 3.8) is 0 Å². The fourth-order valence-corrected chi connectivity index (χ4v) is 3.44. The van der Waals surface area contributed by atoms with Crippen LogP contribution in [0.15, 0.2) is 41.3 Å². The summed E-state index contributed by atoms with van der Waals surface area (Å²) in [5.74, 6) is 0.327. The van der Waals surface area contributed by atoms with E-state index in [1.54, 1.807) is 36.4 Å². The lowest BCUT2D eigenvalue weighted by Crippen LogP contribution is -2.42. The molecule has 0 atom stereocenters. The minimum absolute atomic E-state index is 0.0709. The van der Waals surface area contributed by atoms with E-state index >= 15 is 0 Å². The second kappa shape index (κ2) is 8.53. The molecule has 26 heavy (non-hydrogen) atoms. The van der Waals surface area contributed by atoms with Gasteiger partial charge in [-0.15, -0.1) is 11.8 Å². The van der Waals surface area contributed by atoms with Crippen LogP contribution in [-0.2, 0) is 4.79 Å². The Hall–Kier alpha value is -2.09. The number of thioether (sulfide) groups is 1. The van der Waals surface area contributed by atoms with Crippen molar-refractivity contribution in [2.24, 2.45) is 0 Å². The van der Waals surface area contributed by atoms with E-state index in [0.29, 0.717) is 45.2 Å². The van der Waals surface area contributed by atoms with Gasteiger partial charge < -0.3 is 9.47 Å². The molecule has 0 radical (unpaired) electrons. The molecule has 0 saturated heterocycles. The second-order valence-corrected chi connectivity index (χ2v) is 7.08. The lowest BCUT2D eigenvalue weighted by atomic mass is 10.2. The van der Waals surface area contributed by atoms with Gasteiger partial charge in [0.25, 0.3) is 5.91 Å². The minimum atomic E-state index is -0.457. The summed E-state index contributed by atoms with van der Waals surface area (Å²) in [5.41, 5.74) is 5.07. The number of ether oxygens (including phenoxy) is 2. The first-order valence-corrected chi connectivity index (χ1v) is 9.34. The van der Waals surface area contributed by atoms with Crippen molar-refractivity contribution in [2.75, 3.05) is 19.0 Å². The van der Waals surface area contributed by atoms with E-state index in [2.05, 4.69) is 10.9 Å². The van der Waals surface area contributed by atoms with Crippen molar-refractivity contribution < 1.29 is 19.1 Å². The molecule has 0 fully saturated rings. The SMILES string of the molecule is O=C(CSc1cc(Cl)ccc1Cl)NNC(=O)c1ccc2c(c1)OCCO2. The van der Waals surface area contributed by atoms with Gasteiger partial charge in [0.05, 0.1) is 10.8 Å². The second-order valence-electron chi connectivity index (χ2n) is 5.22. The summed E-state index contributed by atoms with van der Waals surface area (Å²) in [7, 11) is 0. The highest BCUT2D eigenvalue weighted by atomic mass is 35.5. The summed E-state index contributed by atoms with van der Waals surface area (Å²) >= 11 is 13.2. The molecular formula is C17H14Cl2N2O4S. The number of hydrazine groups is 1. The van der Waals surface area contributed by atoms with Crippen LogP contribution in [-0.4, -0.2) is 30.8 Å². The maximum Gasteiger partial charge on any atom is 0.269 e. The summed E-state index contributed by atoms with van der Waals surface area (Å²) in [6.45, 7) is 0.904. The lowest BCUT2D eigenvalue weighted by Gasteiger charge is -2.18. The Bertz CT molecular complexity index is 848. The van der Waals surface area contributed by atoms with Crippen LogP contribution in [0.4, 0.5) is 0 Å². The number of carbonyl (C=O) groups is 2. The number of amides is 2. The minimum Gasteiger partial charge on any atom is -0.486 e. The zero-order valence-electron chi connectivity index (χ0n) is 13.4. The molecule has 0 spiro atoms. The molecule has 0 aromatic heterocycles. The van der Waals surface area contributed by atoms with E-state index in [1.807, 2.05) is 0 Å². The van der Waals surface area contributed by atoms with Gasteiger partial charge >= 0.3 is 0 Å². The van der Waals surface area contributed by atoms with E-state index in [4.69, 9.17) is 32.7 Å². The Balaban J connectivity index is 1.51. The van der Waals surface area contributed by atoms with Gasteiger partial charge in [0.15, 0.2) is 11.5 Å². The highest BCUT2D eigenvalue weighted by Crippen LogP contribution is 2.31. The zero-order chi connectivity index (χ0) is 18.5. The first-order chi connectivity index (χ1) is 12.5. The van der Waals surface area contributed by atoms with Gasteiger partial charge in [0, 0.05) is 15.5 Å². The normalized spacial score (nSPS) is 12.4. The molecule has 1 aliphatic heterocycles. The number of fused-ring (bicyclic) bond motifs is 1. The number of halogens is 2. The topological polar surface area (TPSA) is 76.7 Å². The van der Waals surface area contributed by atoms with Crippen molar-refractivity contribution in [3.05, 3.63) is 52.0 Å². The number of carbonyl (C=O) groups excluding carboxylic acids is 2. The molecule has 1 heterocycles. The number of rotatable bonds is 4. The third-order valence-electron chi connectivity index (χ3n) is 3.37. The molecule has 2 N–H and O–H groups in total. The van der Waals surface area contributed by atoms with Crippen LogP contribution in [0.1, 0.15) is 10.4 Å². The Kier molecular flexibility index (Phi) is 6.13. The molecule has 3 rings (SSSR count). The van der Waals surface area contributed by atoms with Gasteiger partial charge in [-0.2, -0.15) is 0 Å². The van der Waals surface area contributed by atoms with Crippen molar-refractivity contribution in [2.45, 2.75) is 4.90 Å². The average Bonchev–Trinajstić information content (AvgIpc) is 2.66. The van der Waals surface area contributed by atoms with E-state index < -0.39 is 5.91 Å². The molecular weight excluding hydrogens is 399 g/mol. The smallest absolute Gasteiger partial charge is 0.269 e. The first kappa shape index (κ1) is 18.7. The maximum atomic E-state index is 12.1. The van der Waals surface area contributed by atoms with Gasteiger partial charge in [-0.1, -0.05) is 23.2 Å². The van der Waals surface area contributed by atoms with Gasteiger partial charge in [-0.25, -0.2) is 0 Å². The highest BCUT2D eigenvalue weighted by Gasteiger charge is 2.15. The highest BCUT2D eigenvalue weighted by molar-refractivity contribution is 8.00. The quantitative estimate of drug-likeness (QED) is 0.594. The average molecular weight is 413 g/mol. The van der Waals surface area contributed by atoms with Crippen molar-refractivity contribution in [1.82, 2.24) is 10.9 Å². The van der Waals surface area contributed by atoms with Gasteiger partial charge in [0.2, 0.25) is 5.91 Å². The van der Waals surface area contributed by atoms with Crippen molar-refractivity contribution >= 4 is 46.8 Å². The third-order valence-corrected chi connectivity index (χ3v) is 5.10. The molecule has 0 bridgehead atoms. The van der Waals surface area contributed by atoms with Gasteiger partial charge in [-0.3, -0.25) is 20.4 Å². The van der Waals surface area contributed by atoms with E-state index in [1.165, 1.54) is 11.8 Å². The van der Waals surface area contributed by atoms with Gasteiger partial charge in [-0.05, 0) is 36.4 Å². The molecule has 2 amide bonds. The zero-order valence-corrected chi connectivity index (χ0v) is 15.7. The van der Waals surface area contributed by atoms with Crippen LogP contribution in [0.2, 0.25) is 10.0 Å². The molecule has 136 valence electrons. The Morgan fingerprint density at radius 3 is 2.58 bits per heavy atom. The Morgan fingerprint density at radius 1 is 1.00 bits per heavy atom. The predicted octanol–water partition coefficient (Wildman–Crippen LogP) is 3.32. The number of nitrogens with one attached hydrogen (secondary N) is 2. The van der Waals surface area contributed by atoms with Crippen molar-refractivity contribution in [3.8, 4) is 11.5 Å². The third kappa shape index (κ3) is 4.75. The summed E-state index contributed by atoms with van der Waals surface area (Å²) in [6, 6.07) is 9.82. The number of benzene rings is 2. The molecule has 1 aliphatic rings. The first-order valence-electron chi connectivity index (χ1n) is 7.59. The standard InChI is InChI=1S/C17H14Cl2N2O4S/c18-11-2-3-12(19)15(8-11)26-9-16(22)20-21-17(23)10-1-4-13-14(7-10)25-6-5-24-13/h1-4,7-8H,5-6,9H2,(H,20,22)(H,21,23). The largest absolute Gasteiger partial charge is 0.486 e. The Labute approximate surface area is 164 Å². The van der Waals surface area contributed by atoms with Crippen LogP contribution in [0, 0.1) is 0 Å². The van der Waals surface area contributed by atoms with Crippen LogP contribution < -0.4 is 20.3 Å². The van der Waals surface area contributed by atoms with E-state index in [0.717, 1.165) is 0 Å². The van der Waals surface area contributed by atoms with Crippen LogP contribution in [0.25, 0.3) is 0 Å². The van der Waals surface area contributed by atoms with Crippen LogP contribution >= 0.6 is 35.0 Å². The van der Waals surface area contributed by atoms with Gasteiger partial charge in [0.1, 0.15) is 13.2 Å².